The van der Waals surface area contributed by atoms with Crippen LogP contribution in [0.25, 0.3) is 10.8 Å². The third-order valence-electron chi connectivity index (χ3n) is 3.81. The molecule has 23 heavy (non-hydrogen) atoms. The molecule has 1 amide bonds. The summed E-state index contributed by atoms with van der Waals surface area (Å²) in [5, 5.41) is 5.18. The Labute approximate surface area is 134 Å². The van der Waals surface area contributed by atoms with Crippen LogP contribution in [0.2, 0.25) is 0 Å². The number of benzene rings is 2. The van der Waals surface area contributed by atoms with Gasteiger partial charge in [-0.05, 0) is 41.8 Å². The fraction of sp³-hybridized carbons (Fsp3) is 0.158. The zero-order chi connectivity index (χ0) is 16.2. The highest BCUT2D eigenvalue weighted by molar-refractivity contribution is 5.93. The van der Waals surface area contributed by atoms with E-state index in [4.69, 9.17) is 0 Å². The number of amides is 1. The fourth-order valence-electron chi connectivity index (χ4n) is 2.56. The van der Waals surface area contributed by atoms with Gasteiger partial charge in [0.05, 0.1) is 0 Å². The summed E-state index contributed by atoms with van der Waals surface area (Å²) >= 11 is 0. The molecule has 1 heterocycles. The Bertz CT molecular complexity index is 912. The molecule has 3 aromatic rings. The SMILES string of the molecule is Cc1ccc(C(=O)NCCc2ccc3ccccc3c2)c(=O)[nH]1. The summed E-state index contributed by atoms with van der Waals surface area (Å²) in [6.07, 6.45) is 0.723. The van der Waals surface area contributed by atoms with Crippen molar-refractivity contribution in [3.63, 3.8) is 0 Å². The molecule has 0 aliphatic heterocycles. The van der Waals surface area contributed by atoms with Gasteiger partial charge in [-0.15, -0.1) is 0 Å². The number of rotatable bonds is 4. The van der Waals surface area contributed by atoms with Crippen LogP contribution in [0.1, 0.15) is 21.6 Å². The van der Waals surface area contributed by atoms with Gasteiger partial charge in [-0.3, -0.25) is 9.59 Å². The van der Waals surface area contributed by atoms with E-state index in [0.29, 0.717) is 6.54 Å². The van der Waals surface area contributed by atoms with Crippen molar-refractivity contribution >= 4 is 16.7 Å². The van der Waals surface area contributed by atoms with E-state index in [-0.39, 0.29) is 17.0 Å². The zero-order valence-electron chi connectivity index (χ0n) is 12.9. The van der Waals surface area contributed by atoms with E-state index in [9.17, 15) is 9.59 Å². The summed E-state index contributed by atoms with van der Waals surface area (Å²) in [5.74, 6) is -0.341. The van der Waals surface area contributed by atoms with E-state index in [1.165, 1.54) is 10.8 Å². The maximum Gasteiger partial charge on any atom is 0.260 e. The number of aromatic nitrogens is 1. The summed E-state index contributed by atoms with van der Waals surface area (Å²) in [6, 6.07) is 17.7. The Morgan fingerprint density at radius 3 is 2.61 bits per heavy atom. The van der Waals surface area contributed by atoms with Crippen LogP contribution in [-0.2, 0) is 6.42 Å². The summed E-state index contributed by atoms with van der Waals surface area (Å²) in [7, 11) is 0. The minimum absolute atomic E-state index is 0.147. The number of carbonyl (C=O) groups is 1. The molecule has 0 saturated heterocycles. The molecule has 0 bridgehead atoms. The number of aryl methyl sites for hydroxylation is 1. The van der Waals surface area contributed by atoms with Crippen molar-refractivity contribution in [1.82, 2.24) is 10.3 Å². The van der Waals surface area contributed by atoms with Crippen molar-refractivity contribution in [1.29, 1.82) is 0 Å². The van der Waals surface area contributed by atoms with Gasteiger partial charge in [-0.2, -0.15) is 0 Å². The second-order valence-corrected chi connectivity index (χ2v) is 5.57. The zero-order valence-corrected chi connectivity index (χ0v) is 12.9. The maximum absolute atomic E-state index is 12.0. The molecule has 1 aromatic heterocycles. The highest BCUT2D eigenvalue weighted by atomic mass is 16.2. The maximum atomic E-state index is 12.0. The molecular formula is C19H18N2O2. The van der Waals surface area contributed by atoms with E-state index in [1.54, 1.807) is 19.1 Å². The molecule has 2 aromatic carbocycles. The molecule has 0 aliphatic rings. The lowest BCUT2D eigenvalue weighted by Gasteiger charge is -2.06. The first-order valence-electron chi connectivity index (χ1n) is 7.59. The van der Waals surface area contributed by atoms with Crippen LogP contribution in [0.5, 0.6) is 0 Å². The molecule has 0 fully saturated rings. The molecule has 3 rings (SSSR count). The van der Waals surface area contributed by atoms with Gasteiger partial charge in [0.2, 0.25) is 0 Å². The molecule has 0 atom stereocenters. The molecule has 4 heteroatoms. The number of aromatic amines is 1. The summed E-state index contributed by atoms with van der Waals surface area (Å²) in [6.45, 7) is 2.27. The first-order chi connectivity index (χ1) is 11.1. The Morgan fingerprint density at radius 2 is 1.83 bits per heavy atom. The molecule has 2 N–H and O–H groups in total. The van der Waals surface area contributed by atoms with Crippen molar-refractivity contribution in [2.45, 2.75) is 13.3 Å². The average Bonchev–Trinajstić information content (AvgIpc) is 2.54. The number of hydrogen-bond acceptors (Lipinski definition) is 2. The molecular weight excluding hydrogens is 288 g/mol. The molecule has 0 aliphatic carbocycles. The third kappa shape index (κ3) is 3.48. The Kier molecular flexibility index (Phi) is 4.24. The number of fused-ring (bicyclic) bond motifs is 1. The summed E-state index contributed by atoms with van der Waals surface area (Å²) < 4.78 is 0. The minimum atomic E-state index is -0.354. The van der Waals surface area contributed by atoms with Crippen molar-refractivity contribution in [3.8, 4) is 0 Å². The van der Waals surface area contributed by atoms with E-state index in [2.05, 4.69) is 40.6 Å². The van der Waals surface area contributed by atoms with Gasteiger partial charge < -0.3 is 10.3 Å². The lowest BCUT2D eigenvalue weighted by atomic mass is 10.1. The topological polar surface area (TPSA) is 62.0 Å². The van der Waals surface area contributed by atoms with Crippen molar-refractivity contribution in [2.75, 3.05) is 6.54 Å². The number of carbonyl (C=O) groups excluding carboxylic acids is 1. The molecule has 0 unspecified atom stereocenters. The molecule has 0 spiro atoms. The van der Waals surface area contributed by atoms with Gasteiger partial charge in [0.15, 0.2) is 0 Å². The predicted molar refractivity (Wildman–Crippen MR) is 91.8 cm³/mol. The molecule has 0 radical (unpaired) electrons. The quantitative estimate of drug-likeness (QED) is 0.778. The predicted octanol–water partition coefficient (Wildman–Crippen LogP) is 2.81. The van der Waals surface area contributed by atoms with E-state index in [0.717, 1.165) is 17.7 Å². The van der Waals surface area contributed by atoms with E-state index < -0.39 is 0 Å². The van der Waals surface area contributed by atoms with Crippen LogP contribution in [0.4, 0.5) is 0 Å². The number of pyridine rings is 1. The van der Waals surface area contributed by atoms with Crippen LogP contribution in [0.3, 0.4) is 0 Å². The van der Waals surface area contributed by atoms with E-state index >= 15 is 0 Å². The second-order valence-electron chi connectivity index (χ2n) is 5.57. The van der Waals surface area contributed by atoms with Crippen molar-refractivity contribution in [2.24, 2.45) is 0 Å². The van der Waals surface area contributed by atoms with Gasteiger partial charge >= 0.3 is 0 Å². The lowest BCUT2D eigenvalue weighted by Crippen LogP contribution is -2.31. The van der Waals surface area contributed by atoms with Gasteiger partial charge in [0, 0.05) is 12.2 Å². The minimum Gasteiger partial charge on any atom is -0.352 e. The third-order valence-corrected chi connectivity index (χ3v) is 3.81. The first kappa shape index (κ1) is 15.0. The fourth-order valence-corrected chi connectivity index (χ4v) is 2.56. The highest BCUT2D eigenvalue weighted by Crippen LogP contribution is 2.15. The van der Waals surface area contributed by atoms with Crippen LogP contribution in [-0.4, -0.2) is 17.4 Å². The second kappa shape index (κ2) is 6.48. The smallest absolute Gasteiger partial charge is 0.260 e. The summed E-state index contributed by atoms with van der Waals surface area (Å²) in [4.78, 5) is 26.4. The van der Waals surface area contributed by atoms with Gasteiger partial charge in [0.1, 0.15) is 5.56 Å². The highest BCUT2D eigenvalue weighted by Gasteiger charge is 2.09. The molecule has 4 nitrogen and oxygen atoms in total. The molecule has 0 saturated carbocycles. The number of nitrogens with one attached hydrogen (secondary N) is 2. The summed E-state index contributed by atoms with van der Waals surface area (Å²) in [5.41, 5.74) is 1.69. The van der Waals surface area contributed by atoms with Gasteiger partial charge in [-0.1, -0.05) is 42.5 Å². The van der Waals surface area contributed by atoms with Gasteiger partial charge in [-0.25, -0.2) is 0 Å². The van der Waals surface area contributed by atoms with Gasteiger partial charge in [0.25, 0.3) is 11.5 Å². The molecule has 116 valence electrons. The lowest BCUT2D eigenvalue weighted by molar-refractivity contribution is 0.0952. The van der Waals surface area contributed by atoms with Crippen molar-refractivity contribution in [3.05, 3.63) is 81.8 Å². The van der Waals surface area contributed by atoms with Crippen LogP contribution < -0.4 is 10.9 Å². The largest absolute Gasteiger partial charge is 0.352 e. The van der Waals surface area contributed by atoms with Crippen LogP contribution in [0.15, 0.2) is 59.4 Å². The van der Waals surface area contributed by atoms with Crippen molar-refractivity contribution < 1.29 is 4.79 Å². The standard InChI is InChI=1S/C19H18N2O2/c1-13-6-9-17(19(23)21-13)18(22)20-11-10-14-7-8-15-4-2-3-5-16(15)12-14/h2-9,12H,10-11H2,1H3,(H,20,22)(H,21,23). The van der Waals surface area contributed by atoms with E-state index in [1.807, 2.05) is 12.1 Å². The first-order valence-corrected chi connectivity index (χ1v) is 7.59. The average molecular weight is 306 g/mol. The van der Waals surface area contributed by atoms with Crippen LogP contribution in [0, 0.1) is 6.92 Å². The Hall–Kier alpha value is -2.88. The number of hydrogen-bond donors (Lipinski definition) is 2. The normalized spacial score (nSPS) is 10.7. The Balaban J connectivity index is 1.64. The van der Waals surface area contributed by atoms with Crippen LogP contribution >= 0.6 is 0 Å². The number of H-pyrrole nitrogens is 1. The Morgan fingerprint density at radius 1 is 1.04 bits per heavy atom. The monoisotopic (exact) mass is 306 g/mol.